The zero-order chi connectivity index (χ0) is 14.1. The maximum Gasteiger partial charge on any atom is 0.0649 e. The van der Waals surface area contributed by atoms with Gasteiger partial charge in [-0.1, -0.05) is 30.7 Å². The third kappa shape index (κ3) is 3.06. The Labute approximate surface area is 133 Å². The molecule has 0 radical (unpaired) electrons. The highest BCUT2D eigenvalue weighted by Crippen LogP contribution is 2.44. The summed E-state index contributed by atoms with van der Waals surface area (Å²) in [7, 11) is 0. The number of thioether (sulfide) groups is 1. The number of rotatable bonds is 3. The first-order valence-electron chi connectivity index (χ1n) is 6.89. The molecular weight excluding hydrogens is 306 g/mol. The summed E-state index contributed by atoms with van der Waals surface area (Å²) in [5.41, 5.74) is 2.76. The monoisotopic (exact) mass is 323 g/mol. The molecule has 0 saturated carbocycles. The van der Waals surface area contributed by atoms with Crippen molar-refractivity contribution in [1.29, 1.82) is 0 Å². The van der Waals surface area contributed by atoms with Gasteiger partial charge in [-0.25, -0.2) is 0 Å². The van der Waals surface area contributed by atoms with Crippen LogP contribution in [0.1, 0.15) is 43.5 Å². The van der Waals surface area contributed by atoms with E-state index in [1.54, 1.807) is 0 Å². The minimum atomic E-state index is 0.334. The van der Waals surface area contributed by atoms with Crippen molar-refractivity contribution in [2.24, 2.45) is 0 Å². The van der Waals surface area contributed by atoms with Crippen molar-refractivity contribution in [2.75, 3.05) is 0 Å². The van der Waals surface area contributed by atoms with Crippen LogP contribution < -0.4 is 5.32 Å². The van der Waals surface area contributed by atoms with Gasteiger partial charge < -0.3 is 5.32 Å². The van der Waals surface area contributed by atoms with Crippen molar-refractivity contribution in [3.05, 3.63) is 51.9 Å². The Morgan fingerprint density at radius 2 is 2.00 bits per heavy atom. The van der Waals surface area contributed by atoms with Crippen LogP contribution >= 0.6 is 34.7 Å². The van der Waals surface area contributed by atoms with Gasteiger partial charge in [-0.15, -0.1) is 23.1 Å². The van der Waals surface area contributed by atoms with Crippen molar-refractivity contribution in [3.8, 4) is 0 Å². The predicted octanol–water partition coefficient (Wildman–Crippen LogP) is 5.68. The molecule has 0 bridgehead atoms. The van der Waals surface area contributed by atoms with Crippen LogP contribution in [0.15, 0.2) is 39.9 Å². The second-order valence-electron chi connectivity index (χ2n) is 5.32. The summed E-state index contributed by atoms with van der Waals surface area (Å²) in [5, 5.41) is 7.46. The van der Waals surface area contributed by atoms with Crippen molar-refractivity contribution in [2.45, 2.75) is 41.8 Å². The van der Waals surface area contributed by atoms with Crippen LogP contribution in [0.5, 0.6) is 0 Å². The highest BCUT2D eigenvalue weighted by atomic mass is 35.5. The minimum absolute atomic E-state index is 0.334. The predicted molar refractivity (Wildman–Crippen MR) is 90.0 cm³/mol. The van der Waals surface area contributed by atoms with Gasteiger partial charge in [0.1, 0.15) is 0 Å². The third-order valence-electron chi connectivity index (χ3n) is 3.73. The fourth-order valence-corrected chi connectivity index (χ4v) is 5.35. The van der Waals surface area contributed by atoms with Gasteiger partial charge in [0.25, 0.3) is 0 Å². The highest BCUT2D eigenvalue weighted by molar-refractivity contribution is 8.01. The largest absolute Gasteiger partial charge is 0.303 e. The van der Waals surface area contributed by atoms with Crippen LogP contribution in [0, 0.1) is 0 Å². The topological polar surface area (TPSA) is 12.0 Å². The molecule has 0 spiro atoms. The Balaban J connectivity index is 1.76. The summed E-state index contributed by atoms with van der Waals surface area (Å²) < 4.78 is 1.48. The molecule has 3 rings (SSSR count). The molecule has 0 amide bonds. The van der Waals surface area contributed by atoms with Crippen molar-refractivity contribution < 1.29 is 0 Å². The van der Waals surface area contributed by atoms with Gasteiger partial charge in [-0.05, 0) is 48.1 Å². The number of hydrogen-bond acceptors (Lipinski definition) is 3. The summed E-state index contributed by atoms with van der Waals surface area (Å²) in [6.07, 6.45) is 1.19. The van der Waals surface area contributed by atoms with Crippen LogP contribution in [0.25, 0.3) is 0 Å². The average molecular weight is 324 g/mol. The molecule has 3 atom stereocenters. The Morgan fingerprint density at radius 1 is 1.25 bits per heavy atom. The molecule has 1 aromatic heterocycles. The van der Waals surface area contributed by atoms with Crippen LogP contribution in [-0.4, -0.2) is 5.25 Å². The Bertz CT molecular complexity index is 578. The first kappa shape index (κ1) is 14.5. The fourth-order valence-electron chi connectivity index (χ4n) is 2.66. The van der Waals surface area contributed by atoms with Crippen LogP contribution in [0.3, 0.4) is 0 Å². The second kappa shape index (κ2) is 6.10. The maximum atomic E-state index is 5.96. The van der Waals surface area contributed by atoms with Gasteiger partial charge in [0.05, 0.1) is 4.21 Å². The second-order valence-corrected chi connectivity index (χ2v) is 8.38. The van der Waals surface area contributed by atoms with E-state index < -0.39 is 0 Å². The molecule has 20 heavy (non-hydrogen) atoms. The van der Waals surface area contributed by atoms with E-state index in [9.17, 15) is 0 Å². The number of benzene rings is 1. The van der Waals surface area contributed by atoms with E-state index in [0.717, 1.165) is 5.02 Å². The summed E-state index contributed by atoms with van der Waals surface area (Å²) in [4.78, 5) is 0. The van der Waals surface area contributed by atoms with E-state index in [2.05, 4.69) is 42.7 Å². The Hall–Kier alpha value is -0.480. The smallest absolute Gasteiger partial charge is 0.0649 e. The normalized spacial score (nSPS) is 23.4. The van der Waals surface area contributed by atoms with Crippen molar-refractivity contribution in [3.63, 3.8) is 0 Å². The third-order valence-corrected chi connectivity index (χ3v) is 6.33. The van der Waals surface area contributed by atoms with Gasteiger partial charge >= 0.3 is 0 Å². The number of halogens is 1. The van der Waals surface area contributed by atoms with E-state index in [1.807, 2.05) is 35.2 Å². The lowest BCUT2D eigenvalue weighted by molar-refractivity contribution is 0.435. The highest BCUT2D eigenvalue weighted by Gasteiger charge is 2.27. The fraction of sp³-hybridized carbons (Fsp3) is 0.375. The van der Waals surface area contributed by atoms with Crippen LogP contribution in [-0.2, 0) is 0 Å². The van der Waals surface area contributed by atoms with Crippen molar-refractivity contribution in [1.82, 2.24) is 5.32 Å². The zero-order valence-corrected chi connectivity index (χ0v) is 14.0. The first-order chi connectivity index (χ1) is 9.63. The summed E-state index contributed by atoms with van der Waals surface area (Å²) in [5.74, 6) is 0. The number of fused-ring (bicyclic) bond motifs is 1. The van der Waals surface area contributed by atoms with Crippen LogP contribution in [0.2, 0.25) is 5.02 Å². The molecule has 1 nitrogen and oxygen atoms in total. The number of hydrogen-bond donors (Lipinski definition) is 1. The van der Waals surface area contributed by atoms with E-state index in [4.69, 9.17) is 11.6 Å². The SMILES string of the molecule is CC(NC1C[C@H](C)Sc2sccc21)c1ccc(Cl)cc1. The molecule has 2 aromatic rings. The lowest BCUT2D eigenvalue weighted by Crippen LogP contribution is -2.28. The van der Waals surface area contributed by atoms with Crippen LogP contribution in [0.4, 0.5) is 0 Å². The number of nitrogens with one attached hydrogen (secondary N) is 1. The standard InChI is InChI=1S/C16H18ClNS2/c1-10-9-15(14-7-8-19-16(14)20-10)18-11(2)12-3-5-13(17)6-4-12/h3-8,10-11,15,18H,9H2,1-2H3/t10-,11?,15?/m0/s1. The molecule has 0 saturated heterocycles. The molecule has 1 aromatic carbocycles. The lowest BCUT2D eigenvalue weighted by atomic mass is 10.0. The molecule has 106 valence electrons. The summed E-state index contributed by atoms with van der Waals surface area (Å²) in [6, 6.07) is 11.2. The lowest BCUT2D eigenvalue weighted by Gasteiger charge is -2.30. The van der Waals surface area contributed by atoms with Gasteiger partial charge in [-0.3, -0.25) is 0 Å². The molecule has 4 heteroatoms. The van der Waals surface area contributed by atoms with E-state index >= 15 is 0 Å². The molecule has 1 aliphatic heterocycles. The van der Waals surface area contributed by atoms with Gasteiger partial charge in [0, 0.05) is 22.4 Å². The number of thiophene rings is 1. The summed E-state index contributed by atoms with van der Waals surface area (Å²) in [6.45, 7) is 4.54. The van der Waals surface area contributed by atoms with Crippen molar-refractivity contribution >= 4 is 34.7 Å². The Kier molecular flexibility index (Phi) is 4.41. The first-order valence-corrected chi connectivity index (χ1v) is 9.03. The molecule has 2 heterocycles. The molecule has 1 N–H and O–H groups in total. The minimum Gasteiger partial charge on any atom is -0.303 e. The van der Waals surface area contributed by atoms with E-state index in [0.29, 0.717) is 17.3 Å². The molecule has 0 aliphatic carbocycles. The average Bonchev–Trinajstić information content (AvgIpc) is 2.87. The molecular formula is C16H18ClNS2. The van der Waals surface area contributed by atoms with Gasteiger partial charge in [0.2, 0.25) is 0 Å². The van der Waals surface area contributed by atoms with Gasteiger partial charge in [-0.2, -0.15) is 0 Å². The van der Waals surface area contributed by atoms with Gasteiger partial charge in [0.15, 0.2) is 0 Å². The molecule has 0 fully saturated rings. The Morgan fingerprint density at radius 3 is 2.75 bits per heavy atom. The molecule has 1 aliphatic rings. The summed E-state index contributed by atoms with van der Waals surface area (Å²) >= 11 is 9.83. The maximum absolute atomic E-state index is 5.96. The van der Waals surface area contributed by atoms with E-state index in [-0.39, 0.29) is 0 Å². The molecule has 2 unspecified atom stereocenters. The zero-order valence-electron chi connectivity index (χ0n) is 11.6. The van der Waals surface area contributed by atoms with E-state index in [1.165, 1.54) is 21.8 Å². The quantitative estimate of drug-likeness (QED) is 0.780.